The first kappa shape index (κ1) is 13.3. The van der Waals surface area contributed by atoms with Crippen molar-refractivity contribution in [1.29, 1.82) is 0 Å². The molecule has 1 saturated heterocycles. The highest BCUT2D eigenvalue weighted by Gasteiger charge is 2.20. The lowest BCUT2D eigenvalue weighted by Gasteiger charge is -2.33. The molecule has 3 heteroatoms. The fraction of sp³-hybridized carbons (Fsp3) is 0.667. The quantitative estimate of drug-likeness (QED) is 0.890. The van der Waals surface area contributed by atoms with Crippen LogP contribution in [0.25, 0.3) is 0 Å². The molecule has 18 heavy (non-hydrogen) atoms. The summed E-state index contributed by atoms with van der Waals surface area (Å²) < 4.78 is 0. The molecule has 1 aromatic rings. The summed E-state index contributed by atoms with van der Waals surface area (Å²) in [6.45, 7) is 6.69. The fourth-order valence-electron chi connectivity index (χ4n) is 2.67. The Kier molecular flexibility index (Phi) is 4.59. The van der Waals surface area contributed by atoms with Gasteiger partial charge in [-0.2, -0.15) is 0 Å². The van der Waals surface area contributed by atoms with Crippen molar-refractivity contribution in [3.05, 3.63) is 23.4 Å². The van der Waals surface area contributed by atoms with Crippen LogP contribution in [0.2, 0.25) is 0 Å². The molecule has 0 amide bonds. The van der Waals surface area contributed by atoms with Crippen molar-refractivity contribution >= 4 is 5.82 Å². The van der Waals surface area contributed by atoms with Crippen LogP contribution in [-0.2, 0) is 13.0 Å². The Morgan fingerprint density at radius 3 is 2.89 bits per heavy atom. The largest absolute Gasteiger partial charge is 0.392 e. The van der Waals surface area contributed by atoms with Crippen LogP contribution in [-0.4, -0.2) is 23.2 Å². The molecule has 1 N–H and O–H groups in total. The molecular formula is C15H24N2O. The van der Waals surface area contributed by atoms with Crippen LogP contribution in [0.5, 0.6) is 0 Å². The number of piperidine rings is 1. The Hall–Kier alpha value is -1.09. The SMILES string of the molecule is CCc1cc(CO)cc(N2CCCC(CC)C2)n1. The van der Waals surface area contributed by atoms with Gasteiger partial charge in [0.2, 0.25) is 0 Å². The summed E-state index contributed by atoms with van der Waals surface area (Å²) in [6.07, 6.45) is 4.76. The van der Waals surface area contributed by atoms with Gasteiger partial charge in [-0.3, -0.25) is 0 Å². The molecule has 0 spiro atoms. The average Bonchev–Trinajstić information content (AvgIpc) is 2.46. The van der Waals surface area contributed by atoms with Gasteiger partial charge in [0.15, 0.2) is 0 Å². The maximum Gasteiger partial charge on any atom is 0.129 e. The third-order valence-electron chi connectivity index (χ3n) is 3.89. The highest BCUT2D eigenvalue weighted by molar-refractivity contribution is 5.43. The van der Waals surface area contributed by atoms with Gasteiger partial charge in [0.1, 0.15) is 5.82 Å². The Bertz CT molecular complexity index is 370. The van der Waals surface area contributed by atoms with Crippen LogP contribution < -0.4 is 4.90 Å². The van der Waals surface area contributed by atoms with Crippen molar-refractivity contribution in [2.75, 3.05) is 18.0 Å². The number of aryl methyl sites for hydroxylation is 1. The van der Waals surface area contributed by atoms with Gasteiger partial charge in [-0.15, -0.1) is 0 Å². The van der Waals surface area contributed by atoms with Crippen molar-refractivity contribution in [2.24, 2.45) is 5.92 Å². The van der Waals surface area contributed by atoms with Crippen LogP contribution in [0.15, 0.2) is 12.1 Å². The first-order valence-electron chi connectivity index (χ1n) is 7.12. The molecule has 0 saturated carbocycles. The van der Waals surface area contributed by atoms with Gasteiger partial charge < -0.3 is 10.0 Å². The molecule has 0 bridgehead atoms. The number of aliphatic hydroxyl groups is 1. The predicted octanol–water partition coefficient (Wildman–Crippen LogP) is 2.76. The summed E-state index contributed by atoms with van der Waals surface area (Å²) in [4.78, 5) is 7.09. The molecule has 1 atom stereocenters. The number of nitrogens with zero attached hydrogens (tertiary/aromatic N) is 2. The summed E-state index contributed by atoms with van der Waals surface area (Å²) in [5.41, 5.74) is 2.06. The molecule has 1 aromatic heterocycles. The minimum absolute atomic E-state index is 0.105. The standard InChI is InChI=1S/C15H24N2O/c1-3-12-6-5-7-17(10-12)15-9-13(11-18)8-14(4-2)16-15/h8-9,12,18H,3-7,10-11H2,1-2H3. The van der Waals surface area contributed by atoms with E-state index in [1.54, 1.807) is 0 Å². The minimum atomic E-state index is 0.105. The normalized spacial score (nSPS) is 20.2. The molecule has 100 valence electrons. The lowest BCUT2D eigenvalue weighted by Crippen LogP contribution is -2.35. The van der Waals surface area contributed by atoms with Gasteiger partial charge in [0.25, 0.3) is 0 Å². The second-order valence-corrected chi connectivity index (χ2v) is 5.20. The van der Waals surface area contributed by atoms with E-state index in [0.29, 0.717) is 0 Å². The van der Waals surface area contributed by atoms with Crippen LogP contribution >= 0.6 is 0 Å². The van der Waals surface area contributed by atoms with E-state index in [1.165, 1.54) is 19.3 Å². The molecule has 0 radical (unpaired) electrons. The van der Waals surface area contributed by atoms with E-state index in [0.717, 1.165) is 42.5 Å². The number of aliphatic hydroxyl groups excluding tert-OH is 1. The Labute approximate surface area is 110 Å². The van der Waals surface area contributed by atoms with E-state index in [4.69, 9.17) is 4.98 Å². The molecule has 1 aliphatic heterocycles. The van der Waals surface area contributed by atoms with E-state index < -0.39 is 0 Å². The third-order valence-corrected chi connectivity index (χ3v) is 3.89. The maximum absolute atomic E-state index is 9.33. The van der Waals surface area contributed by atoms with E-state index in [9.17, 15) is 5.11 Å². The Morgan fingerprint density at radius 1 is 1.39 bits per heavy atom. The summed E-state index contributed by atoms with van der Waals surface area (Å²) in [6, 6.07) is 4.04. The molecule has 0 aliphatic carbocycles. The zero-order chi connectivity index (χ0) is 13.0. The zero-order valence-corrected chi connectivity index (χ0v) is 11.5. The van der Waals surface area contributed by atoms with E-state index in [2.05, 4.69) is 18.7 Å². The smallest absolute Gasteiger partial charge is 0.129 e. The maximum atomic E-state index is 9.33. The lowest BCUT2D eigenvalue weighted by atomic mass is 9.95. The summed E-state index contributed by atoms with van der Waals surface area (Å²) in [5, 5.41) is 9.33. The van der Waals surface area contributed by atoms with Crippen LogP contribution in [0.1, 0.15) is 44.4 Å². The molecule has 2 heterocycles. The van der Waals surface area contributed by atoms with Crippen molar-refractivity contribution in [1.82, 2.24) is 4.98 Å². The number of hydrogen-bond donors (Lipinski definition) is 1. The third kappa shape index (κ3) is 3.02. The molecule has 0 aromatic carbocycles. The van der Waals surface area contributed by atoms with Gasteiger partial charge in [0.05, 0.1) is 6.61 Å². The monoisotopic (exact) mass is 248 g/mol. The highest BCUT2D eigenvalue weighted by Crippen LogP contribution is 2.24. The van der Waals surface area contributed by atoms with Gasteiger partial charge in [0, 0.05) is 18.8 Å². The minimum Gasteiger partial charge on any atom is -0.392 e. The molecule has 1 fully saturated rings. The van der Waals surface area contributed by atoms with E-state index in [1.807, 2.05) is 12.1 Å². The first-order valence-corrected chi connectivity index (χ1v) is 7.12. The number of rotatable bonds is 4. The predicted molar refractivity (Wildman–Crippen MR) is 74.8 cm³/mol. The van der Waals surface area contributed by atoms with Gasteiger partial charge in [-0.1, -0.05) is 20.3 Å². The molecular weight excluding hydrogens is 224 g/mol. The van der Waals surface area contributed by atoms with Gasteiger partial charge in [-0.25, -0.2) is 4.98 Å². The van der Waals surface area contributed by atoms with Gasteiger partial charge in [-0.05, 0) is 42.9 Å². The topological polar surface area (TPSA) is 36.4 Å². The average molecular weight is 248 g/mol. The van der Waals surface area contributed by atoms with E-state index >= 15 is 0 Å². The van der Waals surface area contributed by atoms with Crippen LogP contribution in [0, 0.1) is 5.92 Å². The van der Waals surface area contributed by atoms with E-state index in [-0.39, 0.29) is 6.61 Å². The molecule has 2 rings (SSSR count). The number of anilines is 1. The summed E-state index contributed by atoms with van der Waals surface area (Å²) in [7, 11) is 0. The lowest BCUT2D eigenvalue weighted by molar-refractivity contribution is 0.281. The second-order valence-electron chi connectivity index (χ2n) is 5.20. The number of pyridine rings is 1. The zero-order valence-electron chi connectivity index (χ0n) is 11.5. The Morgan fingerprint density at radius 2 is 2.22 bits per heavy atom. The van der Waals surface area contributed by atoms with Crippen molar-refractivity contribution in [2.45, 2.75) is 46.1 Å². The van der Waals surface area contributed by atoms with Crippen molar-refractivity contribution in [3.63, 3.8) is 0 Å². The van der Waals surface area contributed by atoms with Crippen molar-refractivity contribution < 1.29 is 5.11 Å². The highest BCUT2D eigenvalue weighted by atomic mass is 16.3. The fourth-order valence-corrected chi connectivity index (χ4v) is 2.67. The molecule has 1 aliphatic rings. The summed E-state index contributed by atoms with van der Waals surface area (Å²) in [5.74, 6) is 1.85. The second kappa shape index (κ2) is 6.19. The first-order chi connectivity index (χ1) is 8.76. The van der Waals surface area contributed by atoms with Crippen LogP contribution in [0.4, 0.5) is 5.82 Å². The van der Waals surface area contributed by atoms with Crippen molar-refractivity contribution in [3.8, 4) is 0 Å². The number of aromatic nitrogens is 1. The number of hydrogen-bond acceptors (Lipinski definition) is 3. The molecule has 1 unspecified atom stereocenters. The molecule has 3 nitrogen and oxygen atoms in total. The Balaban J connectivity index is 2.20. The van der Waals surface area contributed by atoms with Crippen LogP contribution in [0.3, 0.4) is 0 Å². The summed E-state index contributed by atoms with van der Waals surface area (Å²) >= 11 is 0. The van der Waals surface area contributed by atoms with Gasteiger partial charge >= 0.3 is 0 Å².